The molecule has 0 radical (unpaired) electrons. The van der Waals surface area contributed by atoms with E-state index in [1.165, 1.54) is 11.9 Å². The van der Waals surface area contributed by atoms with Gasteiger partial charge >= 0.3 is 6.03 Å². The van der Waals surface area contributed by atoms with Crippen molar-refractivity contribution < 1.29 is 14.4 Å². The number of carbonyl (C=O) groups is 3. The molecule has 1 aromatic heterocycles. The molecule has 132 valence electrons. The summed E-state index contributed by atoms with van der Waals surface area (Å²) in [6.07, 6.45) is 1.91. The van der Waals surface area contributed by atoms with Gasteiger partial charge in [-0.15, -0.1) is 11.3 Å². The van der Waals surface area contributed by atoms with E-state index in [0.29, 0.717) is 19.6 Å². The molecule has 0 aliphatic carbocycles. The van der Waals surface area contributed by atoms with Gasteiger partial charge in [-0.25, -0.2) is 9.78 Å². The summed E-state index contributed by atoms with van der Waals surface area (Å²) in [5.41, 5.74) is 0.807. The maximum absolute atomic E-state index is 12.4. The molecular weight excluding hydrogens is 330 g/mol. The van der Waals surface area contributed by atoms with E-state index >= 15 is 0 Å². The fraction of sp³-hybridized carbons (Fsp3) is 0.600. The van der Waals surface area contributed by atoms with Crippen molar-refractivity contribution in [1.82, 2.24) is 25.8 Å². The predicted molar refractivity (Wildman–Crippen MR) is 90.5 cm³/mol. The van der Waals surface area contributed by atoms with Crippen molar-refractivity contribution in [3.05, 3.63) is 16.1 Å². The Morgan fingerprint density at radius 3 is 3.00 bits per heavy atom. The van der Waals surface area contributed by atoms with Crippen molar-refractivity contribution in [2.24, 2.45) is 0 Å². The largest absolute Gasteiger partial charge is 0.359 e. The molecular formula is C15H23N5O3S. The molecule has 1 aliphatic heterocycles. The smallest absolute Gasteiger partial charge is 0.318 e. The second-order valence-electron chi connectivity index (χ2n) is 5.52. The summed E-state index contributed by atoms with van der Waals surface area (Å²) in [5.74, 6) is -0.586. The first kappa shape index (κ1) is 18.2. The normalized spacial score (nSPS) is 17.3. The molecule has 2 heterocycles. The molecule has 4 amide bonds. The molecule has 9 heteroatoms. The van der Waals surface area contributed by atoms with Crippen LogP contribution < -0.4 is 16.0 Å². The number of aryl methyl sites for hydroxylation is 1. The number of rotatable bonds is 6. The van der Waals surface area contributed by atoms with Gasteiger partial charge in [-0.2, -0.15) is 0 Å². The summed E-state index contributed by atoms with van der Waals surface area (Å²) in [6.45, 7) is 3.16. The summed E-state index contributed by atoms with van der Waals surface area (Å²) in [5, 5.41) is 10.9. The average molecular weight is 353 g/mol. The number of nitrogens with one attached hydrogen (secondary N) is 3. The van der Waals surface area contributed by atoms with Crippen molar-refractivity contribution >= 4 is 29.2 Å². The van der Waals surface area contributed by atoms with E-state index in [2.05, 4.69) is 27.9 Å². The standard InChI is InChI=1S/C15H23N5O3S/c1-3-4-13-19-10(9-24-13)8-18-15(23)20-6-5-17-14(22)11(20)7-12(21)16-2/h9,11H,3-8H2,1-2H3,(H,16,21)(H,17,22)(H,18,23)/t11-/m0/s1. The van der Waals surface area contributed by atoms with Crippen LogP contribution in [0.4, 0.5) is 4.79 Å². The Bertz CT molecular complexity index is 604. The fourth-order valence-electron chi connectivity index (χ4n) is 2.46. The van der Waals surface area contributed by atoms with Gasteiger partial charge in [-0.3, -0.25) is 9.59 Å². The maximum Gasteiger partial charge on any atom is 0.318 e. The zero-order chi connectivity index (χ0) is 17.5. The van der Waals surface area contributed by atoms with E-state index in [1.807, 2.05) is 5.38 Å². The molecule has 0 saturated carbocycles. The second-order valence-corrected chi connectivity index (χ2v) is 6.46. The monoisotopic (exact) mass is 353 g/mol. The number of nitrogens with zero attached hydrogens (tertiary/aromatic N) is 2. The number of piperazine rings is 1. The number of aromatic nitrogens is 1. The highest BCUT2D eigenvalue weighted by Gasteiger charge is 2.34. The maximum atomic E-state index is 12.4. The van der Waals surface area contributed by atoms with Gasteiger partial charge in [-0.1, -0.05) is 6.92 Å². The molecule has 1 aromatic rings. The van der Waals surface area contributed by atoms with Gasteiger partial charge < -0.3 is 20.9 Å². The Hall–Kier alpha value is -2.16. The highest BCUT2D eigenvalue weighted by atomic mass is 32.1. The minimum absolute atomic E-state index is 0.0485. The summed E-state index contributed by atoms with van der Waals surface area (Å²) >= 11 is 1.58. The molecule has 3 N–H and O–H groups in total. The Kier molecular flexibility index (Phi) is 6.53. The van der Waals surface area contributed by atoms with Crippen LogP contribution in [0.1, 0.15) is 30.5 Å². The molecule has 1 atom stereocenters. The van der Waals surface area contributed by atoms with Crippen LogP contribution in [0.5, 0.6) is 0 Å². The summed E-state index contributed by atoms with van der Waals surface area (Å²) in [4.78, 5) is 41.8. The molecule has 1 aliphatic rings. The van der Waals surface area contributed by atoms with Gasteiger partial charge in [0.15, 0.2) is 0 Å². The van der Waals surface area contributed by atoms with Crippen LogP contribution in [0.2, 0.25) is 0 Å². The molecule has 2 rings (SSSR count). The third kappa shape index (κ3) is 4.67. The molecule has 8 nitrogen and oxygen atoms in total. The second kappa shape index (κ2) is 8.62. The molecule has 1 fully saturated rings. The van der Waals surface area contributed by atoms with Gasteiger partial charge in [0.05, 0.1) is 23.7 Å². The minimum atomic E-state index is -0.787. The van der Waals surface area contributed by atoms with Crippen LogP contribution in [-0.2, 0) is 22.6 Å². The van der Waals surface area contributed by atoms with E-state index in [4.69, 9.17) is 0 Å². The Morgan fingerprint density at radius 2 is 2.29 bits per heavy atom. The lowest BCUT2D eigenvalue weighted by Crippen LogP contribution is -2.60. The van der Waals surface area contributed by atoms with Crippen molar-refractivity contribution in [2.75, 3.05) is 20.1 Å². The lowest BCUT2D eigenvalue weighted by atomic mass is 10.1. The quantitative estimate of drug-likeness (QED) is 0.682. The van der Waals surface area contributed by atoms with Crippen LogP contribution in [0, 0.1) is 0 Å². The van der Waals surface area contributed by atoms with Gasteiger partial charge in [0.2, 0.25) is 11.8 Å². The minimum Gasteiger partial charge on any atom is -0.359 e. The highest BCUT2D eigenvalue weighted by Crippen LogP contribution is 2.13. The van der Waals surface area contributed by atoms with Gasteiger partial charge in [0.1, 0.15) is 6.04 Å². The molecule has 24 heavy (non-hydrogen) atoms. The molecule has 0 bridgehead atoms. The van der Waals surface area contributed by atoms with Crippen molar-refractivity contribution in [3.8, 4) is 0 Å². The summed E-state index contributed by atoms with van der Waals surface area (Å²) in [6, 6.07) is -1.14. The SMILES string of the molecule is CCCc1nc(CNC(=O)N2CCNC(=O)[C@@H]2CC(=O)NC)cs1. The number of hydrogen-bond acceptors (Lipinski definition) is 5. The van der Waals surface area contributed by atoms with Crippen LogP contribution in [-0.4, -0.2) is 53.9 Å². The molecule has 0 spiro atoms. The van der Waals surface area contributed by atoms with Crippen LogP contribution in [0.15, 0.2) is 5.38 Å². The summed E-state index contributed by atoms with van der Waals surface area (Å²) in [7, 11) is 1.50. The number of hydrogen-bond donors (Lipinski definition) is 3. The summed E-state index contributed by atoms with van der Waals surface area (Å²) < 4.78 is 0. The number of carbonyl (C=O) groups excluding carboxylic acids is 3. The van der Waals surface area contributed by atoms with Crippen molar-refractivity contribution in [3.63, 3.8) is 0 Å². The average Bonchev–Trinajstić information content (AvgIpc) is 3.02. The van der Waals surface area contributed by atoms with E-state index in [0.717, 1.165) is 23.5 Å². The number of thiazole rings is 1. The first-order valence-electron chi connectivity index (χ1n) is 8.01. The topological polar surface area (TPSA) is 103 Å². The van der Waals surface area contributed by atoms with Crippen LogP contribution in [0.3, 0.4) is 0 Å². The van der Waals surface area contributed by atoms with Gasteiger partial charge in [0.25, 0.3) is 0 Å². The molecule has 1 saturated heterocycles. The van der Waals surface area contributed by atoms with E-state index < -0.39 is 6.04 Å². The Morgan fingerprint density at radius 1 is 1.50 bits per heavy atom. The fourth-order valence-corrected chi connectivity index (χ4v) is 3.36. The van der Waals surface area contributed by atoms with E-state index in [9.17, 15) is 14.4 Å². The van der Waals surface area contributed by atoms with Crippen LogP contribution in [0.25, 0.3) is 0 Å². The van der Waals surface area contributed by atoms with E-state index in [1.54, 1.807) is 11.3 Å². The first-order chi connectivity index (χ1) is 11.5. The van der Waals surface area contributed by atoms with Crippen molar-refractivity contribution in [1.29, 1.82) is 0 Å². The van der Waals surface area contributed by atoms with E-state index in [-0.39, 0.29) is 24.3 Å². The van der Waals surface area contributed by atoms with Gasteiger partial charge in [0, 0.05) is 25.5 Å². The Labute approximate surface area is 145 Å². The van der Waals surface area contributed by atoms with Crippen molar-refractivity contribution in [2.45, 2.75) is 38.8 Å². The Balaban J connectivity index is 1.94. The van der Waals surface area contributed by atoms with Crippen LogP contribution >= 0.6 is 11.3 Å². The number of urea groups is 1. The third-order valence-corrected chi connectivity index (χ3v) is 4.69. The lowest BCUT2D eigenvalue weighted by molar-refractivity contribution is -0.132. The zero-order valence-corrected chi connectivity index (χ0v) is 14.7. The predicted octanol–water partition coefficient (Wildman–Crippen LogP) is 0.242. The zero-order valence-electron chi connectivity index (χ0n) is 13.9. The third-order valence-electron chi connectivity index (χ3n) is 3.73. The molecule has 0 aromatic carbocycles. The highest BCUT2D eigenvalue weighted by molar-refractivity contribution is 7.09. The lowest BCUT2D eigenvalue weighted by Gasteiger charge is -2.34. The number of amides is 4. The first-order valence-corrected chi connectivity index (χ1v) is 8.89. The molecule has 0 unspecified atom stereocenters. The van der Waals surface area contributed by atoms with Gasteiger partial charge in [-0.05, 0) is 12.8 Å².